The van der Waals surface area contributed by atoms with Gasteiger partial charge in [0, 0.05) is 58.7 Å². The van der Waals surface area contributed by atoms with Gasteiger partial charge in [0.2, 0.25) is 16.6 Å². The normalized spacial score (nSPS) is 20.5. The number of fused-ring (bicyclic) bond motifs is 3. The molecule has 2 unspecified atom stereocenters. The largest absolute Gasteiger partial charge is 0.494 e. The molecule has 8 rings (SSSR count). The number of benzene rings is 4. The highest BCUT2D eigenvalue weighted by molar-refractivity contribution is 6.74. The molecule has 4 aromatic carbocycles. The molecule has 1 saturated carbocycles. The van der Waals surface area contributed by atoms with Crippen LogP contribution >= 0.6 is 0 Å². The Labute approximate surface area is 551 Å². The third-order valence-corrected chi connectivity index (χ3v) is 29.2. The topological polar surface area (TPSA) is 126 Å². The van der Waals surface area contributed by atoms with Gasteiger partial charge in [-0.05, 0) is 263 Å². The van der Waals surface area contributed by atoms with E-state index in [4.69, 9.17) is 28.0 Å². The van der Waals surface area contributed by atoms with E-state index in [0.29, 0.717) is 25.2 Å². The van der Waals surface area contributed by atoms with Crippen molar-refractivity contribution in [3.8, 4) is 17.6 Å². The zero-order chi connectivity index (χ0) is 66.4. The lowest BCUT2D eigenvalue weighted by Crippen LogP contribution is -2.65. The summed E-state index contributed by atoms with van der Waals surface area (Å²) >= 11 is 0. The summed E-state index contributed by atoms with van der Waals surface area (Å²) in [6.07, 6.45) is 19.8. The molecule has 1 N–H and O–H groups in total. The molecule has 2 saturated heterocycles. The summed E-state index contributed by atoms with van der Waals surface area (Å²) in [6.45, 7) is 44.6. The van der Waals surface area contributed by atoms with E-state index in [2.05, 4.69) is 229 Å². The van der Waals surface area contributed by atoms with Crippen LogP contribution in [-0.2, 0) is 23.3 Å². The Balaban J connectivity index is 0.856. The van der Waals surface area contributed by atoms with E-state index in [0.717, 1.165) is 160 Å². The molecule has 0 radical (unpaired) electrons. The molecule has 0 bridgehead atoms. The summed E-state index contributed by atoms with van der Waals surface area (Å²) in [4.78, 5) is 14.1. The van der Waals surface area contributed by atoms with Crippen LogP contribution in [0, 0.1) is 11.3 Å². The standard InChI is InChI=1S/C77H114N4O8Si2/c1-72(2,3)90(15,16)88-80-74(7,8)51-64(52-75(80,9)10)86-46-25-21-19-23-44-84-62-39-33-58(34-40-62)67(49-56-30-37-61(38-31-56)79-69-29-27-28-66(69)68-50-57(32-43-70(68)79)48-60(55-78)71(82)83)59-35-41-63(42-36-59)85-45-24-20-22-26-47-87-65-53-76(11,12)81(77(13,14)54-65)89-91(17,18)73(4,5)6/h30-43,48-50,64-66,69H,19-29,44-47,51-54H2,1-18H3,(H,82,83)/b60-48-. The van der Waals surface area contributed by atoms with Gasteiger partial charge in [-0.3, -0.25) is 0 Å². The monoisotopic (exact) mass is 1280 g/mol. The SMILES string of the molecule is CC1(C)CC(OCCCCCCOc2ccc(C(=Cc3ccc(N4c5ccc(/C=C(/C#N)C(=O)O)cc5C5CCCC54)cc3)c3ccc(OCCCCCCOC4CC(C)(C)N(O[Si](C)(C)C(C)(C)C)C(C)(C)C4)cc3)cc2)CC(C)(C)N1O[Si](C)(C)C(C)(C)C. The van der Waals surface area contributed by atoms with Crippen molar-refractivity contribution in [1.29, 1.82) is 5.26 Å². The van der Waals surface area contributed by atoms with Crippen molar-refractivity contribution < 1.29 is 37.9 Å². The van der Waals surface area contributed by atoms with Gasteiger partial charge in [0.25, 0.3) is 0 Å². The maximum absolute atomic E-state index is 11.7. The second-order valence-corrected chi connectivity index (χ2v) is 41.7. The number of carboxylic acid groups (broad SMARTS) is 1. The van der Waals surface area contributed by atoms with Crippen LogP contribution in [0.2, 0.25) is 36.3 Å². The highest BCUT2D eigenvalue weighted by Crippen LogP contribution is 2.53. The Kier molecular flexibility index (Phi) is 23.1. The van der Waals surface area contributed by atoms with Crippen LogP contribution in [0.15, 0.2) is 96.6 Å². The fraction of sp³-hybridized carbons (Fsp3) is 0.610. The van der Waals surface area contributed by atoms with E-state index in [-0.39, 0.29) is 50.0 Å². The van der Waals surface area contributed by atoms with Crippen molar-refractivity contribution in [3.63, 3.8) is 0 Å². The van der Waals surface area contributed by atoms with Gasteiger partial charge >= 0.3 is 5.97 Å². The van der Waals surface area contributed by atoms with Crippen LogP contribution < -0.4 is 14.4 Å². The van der Waals surface area contributed by atoms with Crippen molar-refractivity contribution in [2.75, 3.05) is 31.3 Å². The lowest BCUT2D eigenvalue weighted by atomic mass is 9.80. The molecule has 0 amide bonds. The molecule has 498 valence electrons. The van der Waals surface area contributed by atoms with Crippen LogP contribution in [0.3, 0.4) is 0 Å². The predicted octanol–water partition coefficient (Wildman–Crippen LogP) is 19.9. The van der Waals surface area contributed by atoms with Crippen molar-refractivity contribution in [3.05, 3.63) is 124 Å². The predicted molar refractivity (Wildman–Crippen MR) is 379 cm³/mol. The molecule has 0 aromatic heterocycles. The van der Waals surface area contributed by atoms with Crippen molar-refractivity contribution >= 4 is 51.7 Å². The summed E-state index contributed by atoms with van der Waals surface area (Å²) in [6, 6.07) is 34.2. The van der Waals surface area contributed by atoms with E-state index in [1.54, 1.807) is 0 Å². The fourth-order valence-corrected chi connectivity index (χ4v) is 16.5. The molecule has 1 aliphatic carbocycles. The Morgan fingerprint density at radius 2 is 0.989 bits per heavy atom. The average molecular weight is 1280 g/mol. The highest BCUT2D eigenvalue weighted by atomic mass is 28.4. The van der Waals surface area contributed by atoms with E-state index < -0.39 is 22.6 Å². The number of carboxylic acids is 1. The van der Waals surface area contributed by atoms with E-state index in [1.807, 2.05) is 12.1 Å². The first kappa shape index (κ1) is 71.8. The first-order valence-electron chi connectivity index (χ1n) is 34.4. The van der Waals surface area contributed by atoms with Gasteiger partial charge in [0.05, 0.1) is 25.4 Å². The van der Waals surface area contributed by atoms with Gasteiger partial charge < -0.3 is 38.0 Å². The van der Waals surface area contributed by atoms with E-state index in [1.165, 1.54) is 11.6 Å². The molecule has 0 spiro atoms. The number of nitrogens with zero attached hydrogens (tertiary/aromatic N) is 4. The van der Waals surface area contributed by atoms with Gasteiger partial charge in [-0.1, -0.05) is 103 Å². The summed E-state index contributed by atoms with van der Waals surface area (Å²) in [5.74, 6) is 0.868. The number of rotatable bonds is 28. The van der Waals surface area contributed by atoms with Gasteiger partial charge in [-0.2, -0.15) is 15.4 Å². The Bertz CT molecular complexity index is 3000. The summed E-state index contributed by atoms with van der Waals surface area (Å²) in [7, 11) is -3.97. The third kappa shape index (κ3) is 18.0. The molecule has 12 nitrogen and oxygen atoms in total. The fourth-order valence-electron chi connectivity index (χ4n) is 14.1. The first-order chi connectivity index (χ1) is 42.6. The highest BCUT2D eigenvalue weighted by Gasteiger charge is 2.53. The number of hydrogen-bond acceptors (Lipinski definition) is 11. The van der Waals surface area contributed by atoms with Gasteiger partial charge in [0.15, 0.2) is 0 Å². The van der Waals surface area contributed by atoms with Crippen LogP contribution in [0.1, 0.15) is 227 Å². The van der Waals surface area contributed by atoms with Crippen molar-refractivity contribution in [2.24, 2.45) is 0 Å². The number of hydroxylamine groups is 4. The lowest BCUT2D eigenvalue weighted by molar-refractivity contribution is -0.248. The molecule has 4 aliphatic rings. The molecule has 3 fully saturated rings. The van der Waals surface area contributed by atoms with Gasteiger partial charge in [0.1, 0.15) is 23.1 Å². The number of ether oxygens (including phenoxy) is 4. The van der Waals surface area contributed by atoms with E-state index in [9.17, 15) is 15.2 Å². The minimum Gasteiger partial charge on any atom is -0.494 e. The molecule has 3 aliphatic heterocycles. The van der Waals surface area contributed by atoms with Crippen molar-refractivity contribution in [1.82, 2.24) is 10.1 Å². The zero-order valence-corrected chi connectivity index (χ0v) is 61.2. The maximum atomic E-state index is 11.7. The Morgan fingerprint density at radius 1 is 0.571 bits per heavy atom. The second-order valence-electron chi connectivity index (χ2n) is 32.3. The molecule has 91 heavy (non-hydrogen) atoms. The number of unbranched alkanes of at least 4 members (excludes halogenated alkanes) is 6. The molecule has 2 atom stereocenters. The summed E-state index contributed by atoms with van der Waals surface area (Å²) < 4.78 is 39.8. The van der Waals surface area contributed by atoms with Gasteiger partial charge in [-0.15, -0.1) is 0 Å². The lowest BCUT2D eigenvalue weighted by Gasteiger charge is -2.57. The molecule has 4 aromatic rings. The maximum Gasteiger partial charge on any atom is 0.346 e. The number of nitriles is 1. The minimum absolute atomic E-state index is 0.118. The molecular formula is C77H114N4O8Si2. The van der Waals surface area contributed by atoms with E-state index >= 15 is 0 Å². The Hall–Kier alpha value is -5.09. The number of piperidine rings is 2. The number of carbonyl (C=O) groups is 1. The van der Waals surface area contributed by atoms with Crippen LogP contribution in [0.25, 0.3) is 17.7 Å². The quantitative estimate of drug-likeness (QED) is 0.0191. The average Bonchev–Trinajstić information content (AvgIpc) is 1.75. The summed E-state index contributed by atoms with van der Waals surface area (Å²) in [5.41, 5.74) is 7.89. The van der Waals surface area contributed by atoms with Crippen LogP contribution in [-0.4, -0.2) is 105 Å². The number of hydrogen-bond donors (Lipinski definition) is 1. The molecular weight excluding hydrogens is 1170 g/mol. The number of aliphatic carboxylic acids is 1. The smallest absolute Gasteiger partial charge is 0.346 e. The van der Waals surface area contributed by atoms with Crippen molar-refractivity contribution in [2.45, 2.75) is 276 Å². The molecule has 3 heterocycles. The van der Waals surface area contributed by atoms with Crippen LogP contribution in [0.4, 0.5) is 11.4 Å². The first-order valence-corrected chi connectivity index (χ1v) is 40.2. The Morgan fingerprint density at radius 3 is 1.40 bits per heavy atom. The van der Waals surface area contributed by atoms with Crippen LogP contribution in [0.5, 0.6) is 11.5 Å². The minimum atomic E-state index is -1.99. The molecule has 14 heteroatoms. The third-order valence-electron chi connectivity index (χ3n) is 20.7. The zero-order valence-electron chi connectivity index (χ0n) is 59.2. The van der Waals surface area contributed by atoms with Gasteiger partial charge in [-0.25, -0.2) is 4.79 Å². The summed E-state index contributed by atoms with van der Waals surface area (Å²) in [5, 5.41) is 23.9. The second kappa shape index (κ2) is 29.3. The number of anilines is 2.